The standard InChI is InChI=1S/C17H19NOS/c1-14(12-15-8-4-2-5-9-15)18-17(19)13-20-16-10-6-3-7-11-16/h2-11,14H,12-13H2,1H3,(H,18,19). The van der Waals surface area contributed by atoms with Gasteiger partial charge in [0, 0.05) is 10.9 Å². The van der Waals surface area contributed by atoms with E-state index < -0.39 is 0 Å². The van der Waals surface area contributed by atoms with Gasteiger partial charge >= 0.3 is 0 Å². The molecule has 0 aromatic heterocycles. The summed E-state index contributed by atoms with van der Waals surface area (Å²) in [5.74, 6) is 0.547. The summed E-state index contributed by atoms with van der Waals surface area (Å²) in [5, 5.41) is 3.04. The number of amides is 1. The number of carbonyl (C=O) groups is 1. The molecule has 104 valence electrons. The number of nitrogens with one attached hydrogen (secondary N) is 1. The molecule has 0 heterocycles. The van der Waals surface area contributed by atoms with Crippen LogP contribution in [0.5, 0.6) is 0 Å². The fraction of sp³-hybridized carbons (Fsp3) is 0.235. The Morgan fingerprint density at radius 3 is 2.30 bits per heavy atom. The van der Waals surface area contributed by atoms with Crippen molar-refractivity contribution in [3.8, 4) is 0 Å². The normalized spacial score (nSPS) is 11.8. The van der Waals surface area contributed by atoms with Crippen LogP contribution in [0, 0.1) is 0 Å². The lowest BCUT2D eigenvalue weighted by Gasteiger charge is -2.13. The molecule has 2 nitrogen and oxygen atoms in total. The minimum absolute atomic E-state index is 0.0854. The van der Waals surface area contributed by atoms with Gasteiger partial charge in [-0.05, 0) is 31.0 Å². The summed E-state index contributed by atoms with van der Waals surface area (Å²) < 4.78 is 0. The predicted molar refractivity (Wildman–Crippen MR) is 84.9 cm³/mol. The van der Waals surface area contributed by atoms with E-state index in [9.17, 15) is 4.79 Å². The summed E-state index contributed by atoms with van der Waals surface area (Å²) in [6.45, 7) is 2.04. The fourth-order valence-corrected chi connectivity index (χ4v) is 2.73. The third kappa shape index (κ3) is 5.10. The molecule has 0 spiro atoms. The molecular weight excluding hydrogens is 266 g/mol. The van der Waals surface area contributed by atoms with Crippen molar-refractivity contribution in [2.24, 2.45) is 0 Å². The molecule has 3 heteroatoms. The van der Waals surface area contributed by atoms with Crippen LogP contribution in [-0.4, -0.2) is 17.7 Å². The lowest BCUT2D eigenvalue weighted by Crippen LogP contribution is -2.35. The zero-order chi connectivity index (χ0) is 14.2. The highest BCUT2D eigenvalue weighted by Crippen LogP contribution is 2.16. The highest BCUT2D eigenvalue weighted by Gasteiger charge is 2.08. The lowest BCUT2D eigenvalue weighted by atomic mass is 10.1. The molecule has 0 radical (unpaired) electrons. The molecule has 1 amide bonds. The van der Waals surface area contributed by atoms with Crippen LogP contribution in [0.2, 0.25) is 0 Å². The molecule has 0 saturated carbocycles. The van der Waals surface area contributed by atoms with Crippen LogP contribution in [0.3, 0.4) is 0 Å². The van der Waals surface area contributed by atoms with Crippen LogP contribution in [0.25, 0.3) is 0 Å². The molecule has 1 atom stereocenters. The van der Waals surface area contributed by atoms with Gasteiger partial charge in [-0.15, -0.1) is 11.8 Å². The summed E-state index contributed by atoms with van der Waals surface area (Å²) in [6, 6.07) is 20.4. The zero-order valence-electron chi connectivity index (χ0n) is 11.6. The maximum absolute atomic E-state index is 11.9. The van der Waals surface area contributed by atoms with E-state index in [-0.39, 0.29) is 11.9 Å². The first kappa shape index (κ1) is 14.7. The van der Waals surface area contributed by atoms with E-state index in [1.165, 1.54) is 5.56 Å². The Kier molecular flexibility index (Phi) is 5.69. The minimum Gasteiger partial charge on any atom is -0.353 e. The Balaban J connectivity index is 1.74. The van der Waals surface area contributed by atoms with Crippen LogP contribution in [0.1, 0.15) is 12.5 Å². The molecule has 20 heavy (non-hydrogen) atoms. The molecule has 2 aromatic rings. The van der Waals surface area contributed by atoms with E-state index in [1.807, 2.05) is 55.5 Å². The summed E-state index contributed by atoms with van der Waals surface area (Å²) in [6.07, 6.45) is 0.864. The van der Waals surface area contributed by atoms with Gasteiger partial charge in [0.1, 0.15) is 0 Å². The van der Waals surface area contributed by atoms with Crippen molar-refractivity contribution in [2.45, 2.75) is 24.3 Å². The average molecular weight is 285 g/mol. The van der Waals surface area contributed by atoms with E-state index in [0.29, 0.717) is 5.75 Å². The topological polar surface area (TPSA) is 29.1 Å². The quantitative estimate of drug-likeness (QED) is 0.823. The van der Waals surface area contributed by atoms with Crippen molar-refractivity contribution < 1.29 is 4.79 Å². The molecule has 0 aliphatic carbocycles. The number of thioether (sulfide) groups is 1. The van der Waals surface area contributed by atoms with Crippen molar-refractivity contribution in [2.75, 3.05) is 5.75 Å². The molecule has 0 saturated heterocycles. The SMILES string of the molecule is CC(Cc1ccccc1)NC(=O)CSc1ccccc1. The first-order chi connectivity index (χ1) is 9.74. The number of hydrogen-bond donors (Lipinski definition) is 1. The van der Waals surface area contributed by atoms with E-state index in [2.05, 4.69) is 17.4 Å². The summed E-state index contributed by atoms with van der Waals surface area (Å²) in [5.41, 5.74) is 1.25. The van der Waals surface area contributed by atoms with Gasteiger partial charge in [0.15, 0.2) is 0 Å². The van der Waals surface area contributed by atoms with Crippen molar-refractivity contribution in [3.63, 3.8) is 0 Å². The van der Waals surface area contributed by atoms with Gasteiger partial charge in [0.05, 0.1) is 5.75 Å². The summed E-state index contributed by atoms with van der Waals surface area (Å²) >= 11 is 1.56. The Bertz CT molecular complexity index is 527. The largest absolute Gasteiger partial charge is 0.353 e. The van der Waals surface area contributed by atoms with E-state index in [0.717, 1.165) is 11.3 Å². The summed E-state index contributed by atoms with van der Waals surface area (Å²) in [7, 11) is 0. The number of carbonyl (C=O) groups excluding carboxylic acids is 1. The maximum Gasteiger partial charge on any atom is 0.230 e. The van der Waals surface area contributed by atoms with Gasteiger partial charge in [-0.2, -0.15) is 0 Å². The predicted octanol–water partition coefficient (Wildman–Crippen LogP) is 3.53. The highest BCUT2D eigenvalue weighted by atomic mass is 32.2. The zero-order valence-corrected chi connectivity index (χ0v) is 12.4. The van der Waals surface area contributed by atoms with Gasteiger partial charge in [0.2, 0.25) is 5.91 Å². The smallest absolute Gasteiger partial charge is 0.230 e. The first-order valence-electron chi connectivity index (χ1n) is 6.75. The fourth-order valence-electron chi connectivity index (χ4n) is 2.00. The molecule has 0 fully saturated rings. The van der Waals surface area contributed by atoms with E-state index in [1.54, 1.807) is 11.8 Å². The van der Waals surface area contributed by atoms with E-state index in [4.69, 9.17) is 0 Å². The Labute approximate surface area is 124 Å². The van der Waals surface area contributed by atoms with Crippen LogP contribution < -0.4 is 5.32 Å². The Hall–Kier alpha value is -1.74. The molecule has 1 unspecified atom stereocenters. The Morgan fingerprint density at radius 2 is 1.65 bits per heavy atom. The van der Waals surface area contributed by atoms with Crippen molar-refractivity contribution >= 4 is 17.7 Å². The second-order valence-corrected chi connectivity index (χ2v) is 5.81. The van der Waals surface area contributed by atoms with Crippen molar-refractivity contribution in [1.29, 1.82) is 0 Å². The van der Waals surface area contributed by atoms with Crippen molar-refractivity contribution in [3.05, 3.63) is 66.2 Å². The number of rotatable bonds is 6. The average Bonchev–Trinajstić information content (AvgIpc) is 2.47. The Morgan fingerprint density at radius 1 is 1.05 bits per heavy atom. The number of hydrogen-bond acceptors (Lipinski definition) is 2. The third-order valence-electron chi connectivity index (χ3n) is 2.91. The molecular formula is C17H19NOS. The number of benzene rings is 2. The van der Waals surface area contributed by atoms with Gasteiger partial charge in [-0.3, -0.25) is 4.79 Å². The van der Waals surface area contributed by atoms with Gasteiger partial charge in [-0.1, -0.05) is 48.5 Å². The molecule has 2 rings (SSSR count). The second-order valence-electron chi connectivity index (χ2n) is 4.76. The van der Waals surface area contributed by atoms with Crippen LogP contribution in [-0.2, 0) is 11.2 Å². The van der Waals surface area contributed by atoms with Crippen molar-refractivity contribution in [1.82, 2.24) is 5.32 Å². The molecule has 0 aliphatic heterocycles. The summed E-state index contributed by atoms with van der Waals surface area (Å²) in [4.78, 5) is 13.0. The lowest BCUT2D eigenvalue weighted by molar-refractivity contribution is -0.119. The van der Waals surface area contributed by atoms with Gasteiger partial charge in [0.25, 0.3) is 0 Å². The van der Waals surface area contributed by atoms with Crippen LogP contribution in [0.4, 0.5) is 0 Å². The third-order valence-corrected chi connectivity index (χ3v) is 3.92. The monoisotopic (exact) mass is 285 g/mol. The van der Waals surface area contributed by atoms with E-state index >= 15 is 0 Å². The molecule has 1 N–H and O–H groups in total. The molecule has 0 aliphatic rings. The van der Waals surface area contributed by atoms with Crippen LogP contribution in [0.15, 0.2) is 65.6 Å². The molecule has 0 bridgehead atoms. The van der Waals surface area contributed by atoms with Crippen LogP contribution >= 0.6 is 11.8 Å². The first-order valence-corrected chi connectivity index (χ1v) is 7.74. The van der Waals surface area contributed by atoms with Gasteiger partial charge < -0.3 is 5.32 Å². The van der Waals surface area contributed by atoms with Gasteiger partial charge in [-0.25, -0.2) is 0 Å². The highest BCUT2D eigenvalue weighted by molar-refractivity contribution is 8.00. The molecule has 2 aromatic carbocycles. The maximum atomic E-state index is 11.9. The minimum atomic E-state index is 0.0854. The second kappa shape index (κ2) is 7.75.